The normalized spacial score (nSPS) is 24.7. The molecule has 3 rings (SSSR count). The number of rotatable bonds is 6. The second-order valence-corrected chi connectivity index (χ2v) is 8.00. The number of nitrogen functional groups attached to an aromatic ring is 1. The minimum Gasteiger partial charge on any atom is -0.481 e. The Morgan fingerprint density at radius 1 is 1.41 bits per heavy atom. The summed E-state index contributed by atoms with van der Waals surface area (Å²) in [4.78, 5) is 52.4. The van der Waals surface area contributed by atoms with Gasteiger partial charge in [0.2, 0.25) is 5.91 Å². The Labute approximate surface area is 161 Å². The molecule has 27 heavy (non-hydrogen) atoms. The molecule has 0 aromatic carbocycles. The van der Waals surface area contributed by atoms with Gasteiger partial charge in [-0.1, -0.05) is 6.08 Å². The van der Waals surface area contributed by atoms with Crippen LogP contribution in [0.2, 0.25) is 0 Å². The Balaban J connectivity index is 1.76. The molecule has 5 N–H and O–H groups in total. The second kappa shape index (κ2) is 7.56. The number of hydrogen-bond acceptors (Lipinski definition) is 8. The average molecular weight is 412 g/mol. The van der Waals surface area contributed by atoms with Crippen LogP contribution in [0.4, 0.5) is 5.13 Å². The standard InChI is InChI=1S/C15H16N4O6S2/c16-15-17-7(5-27-15)6(1-2-9(20)21)11(22)18-10-12(23)19-8(14(24)25)3-4-26-13(10)19/h1,5,8,10,13H,2-4H2,(H2,16,17)(H,18,22)(H,20,21)(H,24,25)/b6-1-/t8?,10-,13-/m1/s1. The van der Waals surface area contributed by atoms with Crippen LogP contribution in [-0.4, -0.2) is 67.1 Å². The zero-order valence-corrected chi connectivity index (χ0v) is 15.5. The van der Waals surface area contributed by atoms with Crippen LogP contribution < -0.4 is 11.1 Å². The summed E-state index contributed by atoms with van der Waals surface area (Å²) in [5.41, 5.74) is 5.81. The summed E-state index contributed by atoms with van der Waals surface area (Å²) < 4.78 is 0. The van der Waals surface area contributed by atoms with Crippen molar-refractivity contribution in [2.24, 2.45) is 0 Å². The molecule has 0 bridgehead atoms. The fourth-order valence-corrected chi connectivity index (χ4v) is 4.89. The van der Waals surface area contributed by atoms with Gasteiger partial charge < -0.3 is 26.2 Å². The lowest BCUT2D eigenvalue weighted by molar-refractivity contribution is -0.162. The summed E-state index contributed by atoms with van der Waals surface area (Å²) >= 11 is 2.50. The molecule has 1 aromatic heterocycles. The molecule has 2 aliphatic heterocycles. The van der Waals surface area contributed by atoms with E-state index in [4.69, 9.17) is 10.8 Å². The van der Waals surface area contributed by atoms with Crippen molar-refractivity contribution in [1.29, 1.82) is 0 Å². The van der Waals surface area contributed by atoms with Gasteiger partial charge in [0.15, 0.2) is 5.13 Å². The highest BCUT2D eigenvalue weighted by Crippen LogP contribution is 2.38. The number of aliphatic carboxylic acids is 2. The molecule has 1 unspecified atom stereocenters. The van der Waals surface area contributed by atoms with Gasteiger partial charge in [-0.15, -0.1) is 23.1 Å². The minimum absolute atomic E-state index is 0.00666. The van der Waals surface area contributed by atoms with Gasteiger partial charge in [-0.3, -0.25) is 14.4 Å². The van der Waals surface area contributed by atoms with Crippen LogP contribution in [0, 0.1) is 0 Å². The number of nitrogens with zero attached hydrogens (tertiary/aromatic N) is 2. The number of fused-ring (bicyclic) bond motifs is 1. The fourth-order valence-electron chi connectivity index (χ4n) is 2.94. The minimum atomic E-state index is -1.12. The number of nitrogens with one attached hydrogen (secondary N) is 1. The van der Waals surface area contributed by atoms with Gasteiger partial charge in [-0.05, 0) is 12.2 Å². The number of nitrogens with two attached hydrogens (primary N) is 1. The van der Waals surface area contributed by atoms with Crippen molar-refractivity contribution in [2.75, 3.05) is 11.5 Å². The summed E-state index contributed by atoms with van der Waals surface area (Å²) in [6.07, 6.45) is 1.16. The van der Waals surface area contributed by atoms with Crippen LogP contribution in [0.15, 0.2) is 11.5 Å². The molecule has 3 atom stereocenters. The summed E-state index contributed by atoms with van der Waals surface area (Å²) in [5.74, 6) is -2.76. The Morgan fingerprint density at radius 3 is 2.74 bits per heavy atom. The van der Waals surface area contributed by atoms with E-state index < -0.39 is 47.6 Å². The monoisotopic (exact) mass is 412 g/mol. The Bertz CT molecular complexity index is 838. The van der Waals surface area contributed by atoms with Crippen molar-refractivity contribution < 1.29 is 29.4 Å². The third kappa shape index (κ3) is 3.76. The van der Waals surface area contributed by atoms with Gasteiger partial charge in [-0.2, -0.15) is 0 Å². The topological polar surface area (TPSA) is 163 Å². The van der Waals surface area contributed by atoms with Gasteiger partial charge >= 0.3 is 11.9 Å². The van der Waals surface area contributed by atoms with Crippen LogP contribution >= 0.6 is 23.1 Å². The van der Waals surface area contributed by atoms with E-state index >= 15 is 0 Å². The number of amides is 2. The van der Waals surface area contributed by atoms with E-state index in [-0.39, 0.29) is 16.4 Å². The zero-order valence-electron chi connectivity index (χ0n) is 13.8. The first-order valence-electron chi connectivity index (χ1n) is 7.90. The van der Waals surface area contributed by atoms with Crippen LogP contribution in [0.1, 0.15) is 18.5 Å². The van der Waals surface area contributed by atoms with E-state index in [0.717, 1.165) is 11.3 Å². The number of carbonyl (C=O) groups excluding carboxylic acids is 2. The maximum Gasteiger partial charge on any atom is 0.326 e. The number of carbonyl (C=O) groups is 4. The highest BCUT2D eigenvalue weighted by Gasteiger charge is 2.55. The molecule has 0 aliphatic carbocycles. The van der Waals surface area contributed by atoms with E-state index in [1.807, 2.05) is 0 Å². The molecule has 0 radical (unpaired) electrons. The largest absolute Gasteiger partial charge is 0.481 e. The molecule has 10 nitrogen and oxygen atoms in total. The molecule has 2 amide bonds. The van der Waals surface area contributed by atoms with Crippen molar-refractivity contribution in [3.63, 3.8) is 0 Å². The van der Waals surface area contributed by atoms with E-state index in [2.05, 4.69) is 10.3 Å². The fraction of sp³-hybridized carbons (Fsp3) is 0.400. The first-order chi connectivity index (χ1) is 12.8. The lowest BCUT2D eigenvalue weighted by atomic mass is 10.00. The van der Waals surface area contributed by atoms with Crippen LogP contribution in [0.3, 0.4) is 0 Å². The number of carboxylic acid groups (broad SMARTS) is 2. The lowest BCUT2D eigenvalue weighted by Gasteiger charge is -2.51. The molecule has 2 aliphatic rings. The van der Waals surface area contributed by atoms with E-state index in [1.165, 1.54) is 28.1 Å². The van der Waals surface area contributed by atoms with Crippen molar-refractivity contribution >= 4 is 57.6 Å². The Morgan fingerprint density at radius 2 is 2.15 bits per heavy atom. The molecule has 2 saturated heterocycles. The molecule has 1 aromatic rings. The molecule has 0 saturated carbocycles. The van der Waals surface area contributed by atoms with E-state index in [9.17, 15) is 24.3 Å². The molecular formula is C15H16N4O6S2. The van der Waals surface area contributed by atoms with Gasteiger partial charge in [0, 0.05) is 5.38 Å². The number of carboxylic acids is 2. The molecule has 2 fully saturated rings. The lowest BCUT2D eigenvalue weighted by Crippen LogP contribution is -2.74. The van der Waals surface area contributed by atoms with Crippen LogP contribution in [0.5, 0.6) is 0 Å². The molecule has 0 spiro atoms. The number of hydrogen-bond donors (Lipinski definition) is 4. The number of thioether (sulfide) groups is 1. The summed E-state index contributed by atoms with van der Waals surface area (Å²) in [6.45, 7) is 0. The predicted molar refractivity (Wildman–Crippen MR) is 97.8 cm³/mol. The SMILES string of the molecule is Nc1nc(/C(=C/CC(=O)O)C(=O)N[C@@H]2C(=O)N3C(C(=O)O)CCS[C@H]23)cs1. The first kappa shape index (κ1) is 19.2. The molecule has 144 valence electrons. The smallest absolute Gasteiger partial charge is 0.326 e. The van der Waals surface area contributed by atoms with Crippen LogP contribution in [0.25, 0.3) is 5.57 Å². The second-order valence-electron chi connectivity index (χ2n) is 5.89. The average Bonchev–Trinajstić information content (AvgIpc) is 3.04. The summed E-state index contributed by atoms with van der Waals surface area (Å²) in [7, 11) is 0. The van der Waals surface area contributed by atoms with Crippen molar-refractivity contribution in [2.45, 2.75) is 30.3 Å². The number of anilines is 1. The third-order valence-corrected chi connectivity index (χ3v) is 6.18. The van der Waals surface area contributed by atoms with Gasteiger partial charge in [-0.25, -0.2) is 9.78 Å². The quantitative estimate of drug-likeness (QED) is 0.367. The van der Waals surface area contributed by atoms with Crippen molar-refractivity contribution in [1.82, 2.24) is 15.2 Å². The number of thiazole rings is 1. The summed E-state index contributed by atoms with van der Waals surface area (Å²) in [6, 6.07) is -1.76. The predicted octanol–water partition coefficient (Wildman–Crippen LogP) is -0.173. The maximum atomic E-state index is 12.7. The third-order valence-electron chi connectivity index (χ3n) is 4.19. The van der Waals surface area contributed by atoms with Gasteiger partial charge in [0.05, 0.1) is 17.7 Å². The highest BCUT2D eigenvalue weighted by atomic mass is 32.2. The first-order valence-corrected chi connectivity index (χ1v) is 9.83. The van der Waals surface area contributed by atoms with Crippen LogP contribution in [-0.2, 0) is 19.2 Å². The Hall–Kier alpha value is -2.60. The van der Waals surface area contributed by atoms with Gasteiger partial charge in [0.1, 0.15) is 17.5 Å². The van der Waals surface area contributed by atoms with Crippen molar-refractivity contribution in [3.8, 4) is 0 Å². The Kier molecular flexibility index (Phi) is 5.37. The van der Waals surface area contributed by atoms with E-state index in [0.29, 0.717) is 12.2 Å². The van der Waals surface area contributed by atoms with E-state index in [1.54, 1.807) is 0 Å². The zero-order chi connectivity index (χ0) is 19.7. The summed E-state index contributed by atoms with van der Waals surface area (Å²) in [5, 5.41) is 22.0. The van der Waals surface area contributed by atoms with Gasteiger partial charge in [0.25, 0.3) is 5.91 Å². The molecule has 12 heteroatoms. The molecule has 3 heterocycles. The number of aromatic nitrogens is 1. The molecular weight excluding hydrogens is 396 g/mol. The highest BCUT2D eigenvalue weighted by molar-refractivity contribution is 8.00. The van der Waals surface area contributed by atoms with Crippen molar-refractivity contribution in [3.05, 3.63) is 17.2 Å². The number of β-lactam (4-membered cyclic amide) rings is 1. The maximum absolute atomic E-state index is 12.7.